The average molecular weight is 1330 g/mol. The summed E-state index contributed by atoms with van der Waals surface area (Å²) in [4.78, 5) is 0. The zero-order chi connectivity index (χ0) is 60.0. The molecular formula is H4O79P2. The van der Waals surface area contributed by atoms with Gasteiger partial charge in [0.1, 0.15) is 0 Å². The Morgan fingerprint density at radius 3 is 0.309 bits per heavy atom. The predicted molar refractivity (Wildman–Crippen MR) is 105 cm³/mol. The lowest BCUT2D eigenvalue weighted by molar-refractivity contribution is -0.908. The van der Waals surface area contributed by atoms with Gasteiger partial charge >= 0.3 is 16.4 Å². The monoisotopic (exact) mass is 1330 g/mol. The number of rotatable bonds is 76. The second kappa shape index (κ2) is 73.5. The van der Waals surface area contributed by atoms with E-state index in [0.717, 1.165) is 0 Å². The smallest absolute Gasteiger partial charge is 0.258 e. The molecule has 0 fully saturated rings. The summed E-state index contributed by atoms with van der Waals surface area (Å²) in [5.41, 5.74) is 0. The maximum atomic E-state index is 11.4. The van der Waals surface area contributed by atoms with Gasteiger partial charge in [-0.3, -0.25) is 9.13 Å². The van der Waals surface area contributed by atoms with Gasteiger partial charge in [-0.1, -0.05) is 0 Å². The van der Waals surface area contributed by atoms with Crippen LogP contribution in [-0.4, -0.2) is 13.1 Å². The molecule has 0 saturated carbocycles. The van der Waals surface area contributed by atoms with Gasteiger partial charge in [-0.25, -0.2) is 10.5 Å². The van der Waals surface area contributed by atoms with Crippen molar-refractivity contribution in [2.24, 2.45) is 0 Å². The van der Waals surface area contributed by atoms with Crippen LogP contribution in [0.1, 0.15) is 0 Å². The van der Waals surface area contributed by atoms with Crippen molar-refractivity contribution in [1.29, 1.82) is 2.56 Å². The topological polar surface area (TPSA) is 767 Å². The summed E-state index contributed by atoms with van der Waals surface area (Å²) in [7, 11) is -10.3. The standard InChI is InChI=1S/H4O79P2/c1-5-7-9-11-13-15-17-19-21-23-24-25-26-27-28-29-30-31-32-33-34-35-36-37-38-39-40-41-42-45-49-53-57-61-65-69-73-77-81(4)79-75-71-67-63-59-55-51-47-43-46-50-54-58-62-66-70-74-78-80(3)76-72-68-64-60-56-52-48-44-22-20-18-16-14-12-10-8-6-2/h1-2,80-81H/i80T,81T. The molecule has 0 aliphatic carbocycles. The Balaban J connectivity index is 3.29. The van der Waals surface area contributed by atoms with Crippen molar-refractivity contribution in [3.8, 4) is 0 Å². The van der Waals surface area contributed by atoms with E-state index in [-0.39, 0.29) is 0 Å². The van der Waals surface area contributed by atoms with Crippen LogP contribution in [0.25, 0.3) is 0 Å². The summed E-state index contributed by atoms with van der Waals surface area (Å²) in [5, 5.41) is 259. The molecule has 0 aliphatic rings. The van der Waals surface area contributed by atoms with Gasteiger partial charge < -0.3 is 0 Å². The Hall–Kier alpha value is -2.62. The molecule has 2 N–H and O–H groups in total. The maximum Gasteiger partial charge on any atom is 0.380 e. The van der Waals surface area contributed by atoms with Crippen LogP contribution in [0.2, 0.25) is 0 Å². The van der Waals surface area contributed by atoms with E-state index in [9.17, 15) is 9.13 Å². The van der Waals surface area contributed by atoms with Crippen molar-refractivity contribution < 1.29 is 396 Å². The fourth-order valence-corrected chi connectivity index (χ4v) is 1.26. The fourth-order valence-electron chi connectivity index (χ4n) is 0.913. The summed E-state index contributed by atoms with van der Waals surface area (Å²) in [5.74, 6) is 0. The van der Waals surface area contributed by atoms with E-state index in [0.29, 0.717) is 0 Å². The van der Waals surface area contributed by atoms with Crippen LogP contribution in [-0.2, 0) is 386 Å². The first kappa shape index (κ1) is 74.5. The van der Waals surface area contributed by atoms with E-state index in [1.807, 2.05) is 0 Å². The maximum absolute atomic E-state index is 11.4. The Bertz CT molecular complexity index is 1260. The van der Waals surface area contributed by atoms with Crippen molar-refractivity contribution >= 4 is 16.4 Å². The molecule has 0 bridgehead atoms. The summed E-state index contributed by atoms with van der Waals surface area (Å²) < 4.78 is 51.0. The Morgan fingerprint density at radius 1 is 0.148 bits per heavy atom. The minimum Gasteiger partial charge on any atom is -0.258 e. The molecule has 2 unspecified atom stereocenters. The fraction of sp³-hybridized carbons (Fsp3) is 0. The van der Waals surface area contributed by atoms with E-state index >= 15 is 0 Å². The van der Waals surface area contributed by atoms with Gasteiger partial charge in [0.25, 0.3) is 0 Å². The zero-order valence-corrected chi connectivity index (χ0v) is 35.0. The second-order valence-corrected chi connectivity index (χ2v) is 7.08. The van der Waals surface area contributed by atoms with Crippen LogP contribution in [0.3, 0.4) is 0 Å². The van der Waals surface area contributed by atoms with Crippen LogP contribution < -0.4 is 0 Å². The van der Waals surface area contributed by atoms with E-state index in [1.54, 1.807) is 0 Å². The van der Waals surface area contributed by atoms with E-state index in [2.05, 4.69) is 376 Å². The van der Waals surface area contributed by atoms with Gasteiger partial charge in [0.2, 0.25) is 0 Å². The summed E-state index contributed by atoms with van der Waals surface area (Å²) in [6.45, 7) is 0. The van der Waals surface area contributed by atoms with Crippen molar-refractivity contribution in [2.45, 2.75) is 0 Å². The van der Waals surface area contributed by atoms with Crippen molar-refractivity contribution in [2.75, 3.05) is 0 Å². The molecule has 0 heterocycles. The molecule has 0 aliphatic heterocycles. The molecule has 0 rings (SSSR count). The highest BCUT2D eigenvalue weighted by atomic mass is 31.1. The van der Waals surface area contributed by atoms with Crippen LogP contribution in [0.4, 0.5) is 0 Å². The normalized spacial score (nSPS) is 13.7. The first-order chi connectivity index (χ1) is 40.8. The first-order valence-corrected chi connectivity index (χ1v) is 15.7. The SMILES string of the molecule is [3H]P(=O)(OOOOOOOOOOOOOOOOOOO)OOOOOOOOOOOOOOOOOOOP([3H])(=O)OOOOOOOOOOOOOOOOOOOOOOOOOOOOOOOOOOOOOOO. The highest BCUT2D eigenvalue weighted by molar-refractivity contribution is 7.33. The molecule has 79 nitrogen and oxygen atoms in total. The number of hydrogen-bond donors (Lipinski definition) is 2. The molecule has 81 heteroatoms. The van der Waals surface area contributed by atoms with E-state index in [4.69, 9.17) is 13.1 Å². The van der Waals surface area contributed by atoms with Crippen LogP contribution in [0, 0.1) is 0 Å². The highest BCUT2D eigenvalue weighted by Crippen LogP contribution is 2.25. The van der Waals surface area contributed by atoms with Gasteiger partial charge in [-0.05, 0) is 242 Å². The highest BCUT2D eigenvalue weighted by Gasteiger charge is 2.10. The molecule has 0 aromatic rings. The minimum atomic E-state index is -5.15. The molecule has 81 heavy (non-hydrogen) atoms. The third-order valence-electron chi connectivity index (χ3n) is 2.26. The van der Waals surface area contributed by atoms with Gasteiger partial charge in [0.05, 0.1) is 0 Å². The van der Waals surface area contributed by atoms with Gasteiger partial charge in [0.15, 0.2) is 2.56 Å². The average Bonchev–Trinajstić information content (AvgIpc) is 3.47. The summed E-state index contributed by atoms with van der Waals surface area (Å²) in [6.07, 6.45) is 0. The Morgan fingerprint density at radius 2 is 0.222 bits per heavy atom. The van der Waals surface area contributed by atoms with Crippen molar-refractivity contribution in [3.63, 3.8) is 0 Å². The number of hydrogen-bond acceptors (Lipinski definition) is 79. The molecule has 0 spiro atoms. The van der Waals surface area contributed by atoms with E-state index in [1.165, 1.54) is 0 Å². The molecule has 0 amide bonds. The predicted octanol–water partition coefficient (Wildman–Crippen LogP) is -4.16. The van der Waals surface area contributed by atoms with Gasteiger partial charge in [-0.2, -0.15) is 0 Å². The molecule has 2 atom stereocenters. The van der Waals surface area contributed by atoms with Gasteiger partial charge in [0, 0.05) is 116 Å². The van der Waals surface area contributed by atoms with Crippen LogP contribution in [0.15, 0.2) is 0 Å². The van der Waals surface area contributed by atoms with Crippen molar-refractivity contribution in [3.05, 3.63) is 0 Å². The van der Waals surface area contributed by atoms with Gasteiger partial charge in [-0.15, -0.1) is 18.7 Å². The second-order valence-electron chi connectivity index (χ2n) is 5.59. The molecule has 488 valence electrons. The third kappa shape index (κ3) is 73.4. The summed E-state index contributed by atoms with van der Waals surface area (Å²) in [6, 6.07) is 0. The van der Waals surface area contributed by atoms with Crippen LogP contribution in [0.5, 0.6) is 0 Å². The lowest BCUT2D eigenvalue weighted by Crippen LogP contribution is -2.06. The minimum absolute atomic E-state index is 2.87. The van der Waals surface area contributed by atoms with Crippen molar-refractivity contribution in [1.82, 2.24) is 0 Å². The molecule has 0 aromatic carbocycles. The molecule has 0 saturated heterocycles. The molecule has 0 radical (unpaired) electrons. The lowest BCUT2D eigenvalue weighted by atomic mass is 14.0. The Kier molecular flexibility index (Phi) is 67.6. The third-order valence-corrected chi connectivity index (χ3v) is 2.99. The van der Waals surface area contributed by atoms with Crippen LogP contribution >= 0.6 is 16.4 Å². The Labute approximate surface area is 417 Å². The lowest BCUT2D eigenvalue weighted by Gasteiger charge is -2.01. The van der Waals surface area contributed by atoms with E-state index < -0.39 is 16.4 Å². The quantitative estimate of drug-likeness (QED) is 0.0253. The summed E-state index contributed by atoms with van der Waals surface area (Å²) >= 11 is 0. The molecular weight excluding hydrogens is 1330 g/mol. The largest absolute Gasteiger partial charge is 0.380 e. The molecule has 0 aromatic heterocycles. The first-order valence-electron chi connectivity index (χ1n) is 14.4. The zero-order valence-electron chi connectivity index (χ0n) is 35.2.